The molecule has 1 rings (SSSR count). The first-order valence-electron chi connectivity index (χ1n) is 6.45. The van der Waals surface area contributed by atoms with Gasteiger partial charge in [0.15, 0.2) is 22.8 Å². The van der Waals surface area contributed by atoms with Gasteiger partial charge in [0.2, 0.25) is 0 Å². The van der Waals surface area contributed by atoms with E-state index >= 15 is 0 Å². The summed E-state index contributed by atoms with van der Waals surface area (Å²) < 4.78 is 49.0. The smallest absolute Gasteiger partial charge is 0.413 e. The zero-order chi connectivity index (χ0) is 16.3. The summed E-state index contributed by atoms with van der Waals surface area (Å²) in [5.74, 6) is -0.649. The molecule has 2 N–H and O–H groups in total. The van der Waals surface area contributed by atoms with Crippen molar-refractivity contribution in [2.24, 2.45) is 5.73 Å². The lowest BCUT2D eigenvalue weighted by Gasteiger charge is -2.26. The molecule has 0 fully saturated rings. The monoisotopic (exact) mass is 305 g/mol. The maximum absolute atomic E-state index is 12.8. The largest absolute Gasteiger partial charge is 0.490 e. The van der Waals surface area contributed by atoms with Crippen LogP contribution in [0.4, 0.5) is 13.2 Å². The molecule has 0 aromatic heterocycles. The molecule has 1 aromatic rings. The third-order valence-electron chi connectivity index (χ3n) is 2.87. The molecule has 7 heteroatoms. The van der Waals surface area contributed by atoms with Crippen LogP contribution in [0.3, 0.4) is 0 Å². The van der Waals surface area contributed by atoms with Crippen molar-refractivity contribution in [2.45, 2.75) is 32.5 Å². The molecule has 1 atom stereocenters. The number of benzene rings is 1. The molecule has 118 valence electrons. The summed E-state index contributed by atoms with van der Waals surface area (Å²) >= 11 is 0. The maximum Gasteiger partial charge on any atom is 0.413 e. The van der Waals surface area contributed by atoms with E-state index in [1.54, 1.807) is 13.8 Å². The molecule has 1 unspecified atom stereocenters. The first kappa shape index (κ1) is 17.3. The lowest BCUT2D eigenvalue weighted by atomic mass is 9.91. The van der Waals surface area contributed by atoms with Gasteiger partial charge in [-0.05, 0) is 39.0 Å². The van der Waals surface area contributed by atoms with Crippen LogP contribution in [0.1, 0.15) is 31.1 Å². The SMILES string of the molecule is CCOc1ccc(C(=O)C(C)(N)C(F)(F)F)cc1OCC. The number of nitrogens with two attached hydrogens (primary N) is 1. The van der Waals surface area contributed by atoms with Gasteiger partial charge in [-0.15, -0.1) is 0 Å². The van der Waals surface area contributed by atoms with E-state index in [0.717, 1.165) is 0 Å². The highest BCUT2D eigenvalue weighted by Gasteiger charge is 2.53. The summed E-state index contributed by atoms with van der Waals surface area (Å²) in [5.41, 5.74) is 2.01. The van der Waals surface area contributed by atoms with Crippen LogP contribution >= 0.6 is 0 Å². The highest BCUT2D eigenvalue weighted by atomic mass is 19.4. The van der Waals surface area contributed by atoms with Gasteiger partial charge in [-0.2, -0.15) is 13.2 Å². The van der Waals surface area contributed by atoms with Crippen LogP contribution in [0.15, 0.2) is 18.2 Å². The number of carbonyl (C=O) groups is 1. The van der Waals surface area contributed by atoms with Gasteiger partial charge in [0.25, 0.3) is 0 Å². The number of halogens is 3. The fourth-order valence-electron chi connectivity index (χ4n) is 1.62. The molecular formula is C14H18F3NO3. The minimum Gasteiger partial charge on any atom is -0.490 e. The molecule has 0 heterocycles. The van der Waals surface area contributed by atoms with Gasteiger partial charge >= 0.3 is 6.18 Å². The Balaban J connectivity index is 3.20. The number of rotatable bonds is 6. The number of ketones is 1. The predicted molar refractivity (Wildman–Crippen MR) is 71.8 cm³/mol. The second-order valence-corrected chi connectivity index (χ2v) is 4.56. The molecule has 0 aliphatic carbocycles. The Morgan fingerprint density at radius 1 is 1.14 bits per heavy atom. The summed E-state index contributed by atoms with van der Waals surface area (Å²) in [7, 11) is 0. The number of alkyl halides is 3. The van der Waals surface area contributed by atoms with Crippen molar-refractivity contribution in [3.8, 4) is 11.5 Å². The number of hydrogen-bond donors (Lipinski definition) is 1. The Morgan fingerprint density at radius 2 is 1.67 bits per heavy atom. The van der Waals surface area contributed by atoms with Crippen LogP contribution < -0.4 is 15.2 Å². The summed E-state index contributed by atoms with van der Waals surface area (Å²) in [5, 5.41) is 0. The van der Waals surface area contributed by atoms with Crippen LogP contribution in [0, 0.1) is 0 Å². The highest BCUT2D eigenvalue weighted by Crippen LogP contribution is 2.34. The van der Waals surface area contributed by atoms with Crippen molar-refractivity contribution < 1.29 is 27.4 Å². The molecule has 0 aliphatic heterocycles. The van der Waals surface area contributed by atoms with Crippen molar-refractivity contribution in [1.29, 1.82) is 0 Å². The second kappa shape index (κ2) is 6.34. The molecule has 4 nitrogen and oxygen atoms in total. The molecule has 0 amide bonds. The fraction of sp³-hybridized carbons (Fsp3) is 0.500. The van der Waals surface area contributed by atoms with Crippen molar-refractivity contribution in [1.82, 2.24) is 0 Å². The number of ether oxygens (including phenoxy) is 2. The minimum atomic E-state index is -4.84. The average molecular weight is 305 g/mol. The van der Waals surface area contributed by atoms with E-state index in [1.165, 1.54) is 18.2 Å². The molecule has 1 aromatic carbocycles. The zero-order valence-electron chi connectivity index (χ0n) is 12.1. The molecule has 0 saturated heterocycles. The molecule has 21 heavy (non-hydrogen) atoms. The standard InChI is InChI=1S/C14H18F3NO3/c1-4-20-10-7-6-9(8-11(10)21-5-2)12(19)13(3,18)14(15,16)17/h6-8H,4-5,18H2,1-3H3. The maximum atomic E-state index is 12.8. The second-order valence-electron chi connectivity index (χ2n) is 4.56. The van der Waals surface area contributed by atoms with Gasteiger partial charge < -0.3 is 15.2 Å². The van der Waals surface area contributed by atoms with E-state index in [1.807, 2.05) is 0 Å². The van der Waals surface area contributed by atoms with Crippen LogP contribution in [-0.2, 0) is 0 Å². The van der Waals surface area contributed by atoms with Gasteiger partial charge in [-0.1, -0.05) is 0 Å². The molecular weight excluding hydrogens is 287 g/mol. The van der Waals surface area contributed by atoms with Crippen molar-refractivity contribution in [2.75, 3.05) is 13.2 Å². The fourth-order valence-corrected chi connectivity index (χ4v) is 1.62. The summed E-state index contributed by atoms with van der Waals surface area (Å²) in [6.45, 7) is 4.77. The Bertz CT molecular complexity index is 513. The Morgan fingerprint density at radius 3 is 2.14 bits per heavy atom. The normalized spacial score (nSPS) is 14.4. The van der Waals surface area contributed by atoms with Gasteiger partial charge in [0.05, 0.1) is 13.2 Å². The molecule has 0 bridgehead atoms. The molecule has 0 saturated carbocycles. The predicted octanol–water partition coefficient (Wildman–Crippen LogP) is 2.95. The molecule has 0 aliphatic rings. The first-order chi connectivity index (χ1) is 9.65. The Hall–Kier alpha value is -1.76. The highest BCUT2D eigenvalue weighted by molar-refractivity contribution is 6.03. The number of carbonyl (C=O) groups excluding carboxylic acids is 1. The van der Waals surface area contributed by atoms with E-state index in [2.05, 4.69) is 0 Å². The van der Waals surface area contributed by atoms with Gasteiger partial charge in [-0.3, -0.25) is 4.79 Å². The van der Waals surface area contributed by atoms with Crippen LogP contribution in [0.25, 0.3) is 0 Å². The average Bonchev–Trinajstić information content (AvgIpc) is 2.39. The van der Waals surface area contributed by atoms with E-state index in [-0.39, 0.29) is 17.9 Å². The minimum absolute atomic E-state index is 0.177. The molecule has 0 spiro atoms. The quantitative estimate of drug-likeness (QED) is 0.821. The van der Waals surface area contributed by atoms with Crippen molar-refractivity contribution in [3.63, 3.8) is 0 Å². The van der Waals surface area contributed by atoms with E-state index in [9.17, 15) is 18.0 Å². The van der Waals surface area contributed by atoms with E-state index < -0.39 is 17.5 Å². The summed E-state index contributed by atoms with van der Waals surface area (Å²) in [4.78, 5) is 12.0. The third kappa shape index (κ3) is 3.66. The van der Waals surface area contributed by atoms with E-state index in [0.29, 0.717) is 19.3 Å². The third-order valence-corrected chi connectivity index (χ3v) is 2.87. The number of Topliss-reactive ketones (excluding diaryl/α,β-unsaturated/α-hetero) is 1. The summed E-state index contributed by atoms with van der Waals surface area (Å²) in [6, 6.07) is 3.86. The Labute approximate surface area is 121 Å². The Kier molecular flexibility index (Phi) is 5.22. The number of hydrogen-bond acceptors (Lipinski definition) is 4. The van der Waals surface area contributed by atoms with Crippen molar-refractivity contribution >= 4 is 5.78 Å². The lowest BCUT2D eigenvalue weighted by molar-refractivity contribution is -0.165. The van der Waals surface area contributed by atoms with E-state index in [4.69, 9.17) is 15.2 Å². The summed E-state index contributed by atoms with van der Waals surface area (Å²) in [6.07, 6.45) is -4.84. The lowest BCUT2D eigenvalue weighted by Crippen LogP contribution is -2.57. The van der Waals surface area contributed by atoms with Gasteiger partial charge in [0.1, 0.15) is 0 Å². The topological polar surface area (TPSA) is 61.5 Å². The zero-order valence-corrected chi connectivity index (χ0v) is 12.1. The van der Waals surface area contributed by atoms with Gasteiger partial charge in [-0.25, -0.2) is 0 Å². The first-order valence-corrected chi connectivity index (χ1v) is 6.45. The van der Waals surface area contributed by atoms with Crippen LogP contribution in [-0.4, -0.2) is 30.7 Å². The van der Waals surface area contributed by atoms with Gasteiger partial charge in [0, 0.05) is 5.56 Å². The van der Waals surface area contributed by atoms with Crippen LogP contribution in [0.5, 0.6) is 11.5 Å². The van der Waals surface area contributed by atoms with Crippen LogP contribution in [0.2, 0.25) is 0 Å². The molecule has 0 radical (unpaired) electrons. The van der Waals surface area contributed by atoms with Crippen molar-refractivity contribution in [3.05, 3.63) is 23.8 Å².